The maximum absolute atomic E-state index is 11.8. The second-order valence-electron chi connectivity index (χ2n) is 6.66. The molecule has 1 saturated heterocycles. The summed E-state index contributed by atoms with van der Waals surface area (Å²) in [4.78, 5) is 26.3. The van der Waals surface area contributed by atoms with E-state index in [0.717, 1.165) is 16.8 Å². The largest absolute Gasteiger partial charge is 0.465 e. The van der Waals surface area contributed by atoms with Crippen LogP contribution in [0.15, 0.2) is 54.6 Å². The fraction of sp³-hybridized carbons (Fsp3) is 0.333. The summed E-state index contributed by atoms with van der Waals surface area (Å²) in [6.07, 6.45) is -0.561. The number of hydrogen-bond acceptors (Lipinski definition) is 4. The monoisotopic (exact) mass is 383 g/mol. The maximum atomic E-state index is 11.8. The van der Waals surface area contributed by atoms with Crippen LogP contribution < -0.4 is 10.2 Å². The lowest BCUT2D eigenvalue weighted by Crippen LogP contribution is -2.48. The smallest absolute Gasteiger partial charge is 0.407 e. The molecule has 2 aromatic carbocycles. The first-order valence-electron chi connectivity index (χ1n) is 9.38. The summed E-state index contributed by atoms with van der Waals surface area (Å²) < 4.78 is 5.19. The third-order valence-electron chi connectivity index (χ3n) is 4.75. The van der Waals surface area contributed by atoms with Crippen molar-refractivity contribution >= 4 is 17.9 Å². The van der Waals surface area contributed by atoms with Gasteiger partial charge in [-0.25, -0.2) is 9.59 Å². The van der Waals surface area contributed by atoms with Crippen LogP contribution in [0.1, 0.15) is 11.1 Å². The van der Waals surface area contributed by atoms with E-state index in [1.54, 1.807) is 0 Å². The first kappa shape index (κ1) is 19.5. The molecule has 3 rings (SSSR count). The molecule has 1 aliphatic heterocycles. The van der Waals surface area contributed by atoms with Crippen molar-refractivity contribution in [2.75, 3.05) is 37.6 Å². The van der Waals surface area contributed by atoms with Crippen LogP contribution in [0.4, 0.5) is 15.3 Å². The van der Waals surface area contributed by atoms with Gasteiger partial charge in [0.2, 0.25) is 0 Å². The molecule has 148 valence electrons. The number of carboxylic acid groups (broad SMARTS) is 1. The second-order valence-corrected chi connectivity index (χ2v) is 6.66. The van der Waals surface area contributed by atoms with Gasteiger partial charge in [0.05, 0.1) is 0 Å². The molecule has 1 aliphatic rings. The number of benzene rings is 2. The summed E-state index contributed by atoms with van der Waals surface area (Å²) in [5.41, 5.74) is 3.16. The SMILES string of the molecule is O=C(NCCc1ccc(N2CCN(C(=O)O)CC2)cc1)OCc1ccccc1. The summed E-state index contributed by atoms with van der Waals surface area (Å²) in [6, 6.07) is 17.7. The fourth-order valence-corrected chi connectivity index (χ4v) is 3.11. The van der Waals surface area contributed by atoms with E-state index in [-0.39, 0.29) is 6.61 Å². The molecule has 1 heterocycles. The summed E-state index contributed by atoms with van der Waals surface area (Å²) in [5, 5.41) is 11.8. The number of anilines is 1. The Kier molecular flexibility index (Phi) is 6.73. The van der Waals surface area contributed by atoms with E-state index in [1.165, 1.54) is 4.90 Å². The van der Waals surface area contributed by atoms with E-state index < -0.39 is 12.2 Å². The fourth-order valence-electron chi connectivity index (χ4n) is 3.11. The molecule has 0 radical (unpaired) electrons. The number of rotatable bonds is 6. The highest BCUT2D eigenvalue weighted by molar-refractivity contribution is 5.67. The number of nitrogens with zero attached hydrogens (tertiary/aromatic N) is 2. The van der Waals surface area contributed by atoms with Crippen molar-refractivity contribution in [1.29, 1.82) is 0 Å². The van der Waals surface area contributed by atoms with Gasteiger partial charge in [0.1, 0.15) is 6.61 Å². The molecule has 2 N–H and O–H groups in total. The molecular formula is C21H25N3O4. The molecule has 2 amide bonds. The Morgan fingerprint density at radius 2 is 1.61 bits per heavy atom. The summed E-state index contributed by atoms with van der Waals surface area (Å²) in [7, 11) is 0. The number of carbonyl (C=O) groups is 2. The van der Waals surface area contributed by atoms with Gasteiger partial charge in [0.25, 0.3) is 0 Å². The van der Waals surface area contributed by atoms with Gasteiger partial charge in [-0.05, 0) is 29.7 Å². The zero-order chi connectivity index (χ0) is 19.8. The highest BCUT2D eigenvalue weighted by atomic mass is 16.5. The number of alkyl carbamates (subject to hydrolysis) is 1. The minimum atomic E-state index is -0.857. The Morgan fingerprint density at radius 3 is 2.25 bits per heavy atom. The zero-order valence-corrected chi connectivity index (χ0v) is 15.7. The highest BCUT2D eigenvalue weighted by Gasteiger charge is 2.20. The molecule has 0 bridgehead atoms. The van der Waals surface area contributed by atoms with Crippen LogP contribution >= 0.6 is 0 Å². The predicted molar refractivity (Wildman–Crippen MR) is 107 cm³/mol. The van der Waals surface area contributed by atoms with Crippen molar-refractivity contribution in [1.82, 2.24) is 10.2 Å². The molecule has 28 heavy (non-hydrogen) atoms. The number of ether oxygens (including phenoxy) is 1. The van der Waals surface area contributed by atoms with Crippen molar-refractivity contribution < 1.29 is 19.4 Å². The Labute approximate surface area is 164 Å². The van der Waals surface area contributed by atoms with E-state index in [1.807, 2.05) is 54.6 Å². The Balaban J connectivity index is 1.37. The maximum Gasteiger partial charge on any atom is 0.407 e. The van der Waals surface area contributed by atoms with Crippen LogP contribution in [0.3, 0.4) is 0 Å². The van der Waals surface area contributed by atoms with Crippen LogP contribution in [0, 0.1) is 0 Å². The summed E-state index contributed by atoms with van der Waals surface area (Å²) in [5.74, 6) is 0. The quantitative estimate of drug-likeness (QED) is 0.801. The summed E-state index contributed by atoms with van der Waals surface area (Å²) in [6.45, 7) is 3.19. The number of piperazine rings is 1. The topological polar surface area (TPSA) is 82.1 Å². The Bertz CT molecular complexity index is 772. The minimum absolute atomic E-state index is 0.260. The third kappa shape index (κ3) is 5.64. The lowest BCUT2D eigenvalue weighted by molar-refractivity contribution is 0.139. The van der Waals surface area contributed by atoms with Crippen molar-refractivity contribution in [2.45, 2.75) is 13.0 Å². The van der Waals surface area contributed by atoms with Gasteiger partial charge >= 0.3 is 12.2 Å². The van der Waals surface area contributed by atoms with Gasteiger partial charge in [0, 0.05) is 38.4 Å². The molecule has 0 atom stereocenters. The van der Waals surface area contributed by atoms with Gasteiger partial charge in [0.15, 0.2) is 0 Å². The van der Waals surface area contributed by atoms with Crippen LogP contribution in [0.5, 0.6) is 0 Å². The molecule has 0 saturated carbocycles. The molecule has 7 nitrogen and oxygen atoms in total. The Hall–Kier alpha value is -3.22. The minimum Gasteiger partial charge on any atom is -0.465 e. The summed E-state index contributed by atoms with van der Waals surface area (Å²) >= 11 is 0. The van der Waals surface area contributed by atoms with E-state index >= 15 is 0 Å². The van der Waals surface area contributed by atoms with Gasteiger partial charge in [-0.2, -0.15) is 0 Å². The van der Waals surface area contributed by atoms with E-state index in [2.05, 4.69) is 10.2 Å². The molecule has 0 aromatic heterocycles. The average molecular weight is 383 g/mol. The van der Waals surface area contributed by atoms with Gasteiger partial charge < -0.3 is 25.0 Å². The number of hydrogen-bond donors (Lipinski definition) is 2. The molecule has 0 spiro atoms. The van der Waals surface area contributed by atoms with Crippen LogP contribution in [-0.4, -0.2) is 54.9 Å². The van der Waals surface area contributed by atoms with Crippen LogP contribution in [0.25, 0.3) is 0 Å². The van der Waals surface area contributed by atoms with E-state index in [4.69, 9.17) is 9.84 Å². The van der Waals surface area contributed by atoms with Crippen LogP contribution in [-0.2, 0) is 17.8 Å². The molecule has 0 aliphatic carbocycles. The molecule has 1 fully saturated rings. The lowest BCUT2D eigenvalue weighted by Gasteiger charge is -2.34. The number of amides is 2. The number of nitrogens with one attached hydrogen (secondary N) is 1. The zero-order valence-electron chi connectivity index (χ0n) is 15.7. The van der Waals surface area contributed by atoms with Crippen molar-refractivity contribution in [3.05, 3.63) is 65.7 Å². The standard InChI is InChI=1S/C21H25N3O4/c25-20(28-16-18-4-2-1-3-5-18)22-11-10-17-6-8-19(9-7-17)23-12-14-24(15-13-23)21(26)27/h1-9H,10-16H2,(H,22,25)(H,26,27). The van der Waals surface area contributed by atoms with E-state index in [9.17, 15) is 9.59 Å². The van der Waals surface area contributed by atoms with Crippen molar-refractivity contribution in [3.63, 3.8) is 0 Å². The molecular weight excluding hydrogens is 358 g/mol. The first-order chi connectivity index (χ1) is 13.6. The third-order valence-corrected chi connectivity index (χ3v) is 4.75. The first-order valence-corrected chi connectivity index (χ1v) is 9.38. The molecule has 7 heteroatoms. The average Bonchev–Trinajstić information content (AvgIpc) is 2.73. The van der Waals surface area contributed by atoms with Gasteiger partial charge in [-0.3, -0.25) is 0 Å². The van der Waals surface area contributed by atoms with Crippen LogP contribution in [0.2, 0.25) is 0 Å². The van der Waals surface area contributed by atoms with Crippen molar-refractivity contribution in [3.8, 4) is 0 Å². The van der Waals surface area contributed by atoms with E-state index in [0.29, 0.717) is 39.1 Å². The lowest BCUT2D eigenvalue weighted by atomic mass is 10.1. The highest BCUT2D eigenvalue weighted by Crippen LogP contribution is 2.17. The predicted octanol–water partition coefficient (Wildman–Crippen LogP) is 2.96. The van der Waals surface area contributed by atoms with Gasteiger partial charge in [-0.15, -0.1) is 0 Å². The Morgan fingerprint density at radius 1 is 0.929 bits per heavy atom. The molecule has 0 unspecified atom stereocenters. The van der Waals surface area contributed by atoms with Crippen molar-refractivity contribution in [2.24, 2.45) is 0 Å². The molecule has 2 aromatic rings. The van der Waals surface area contributed by atoms with Gasteiger partial charge in [-0.1, -0.05) is 42.5 Å². The second kappa shape index (κ2) is 9.64. The normalized spacial score (nSPS) is 13.9. The number of carbonyl (C=O) groups excluding carboxylic acids is 1.